The van der Waals surface area contributed by atoms with Crippen LogP contribution in [-0.2, 0) is 26.2 Å². The number of anilines is 1. The number of hydrogen-bond acceptors (Lipinski definition) is 5. The van der Waals surface area contributed by atoms with Crippen molar-refractivity contribution in [2.45, 2.75) is 71.0 Å². The SMILES string of the molecule is CCOc1ccccc1N(CCCC(=O)N(Cc1c(Cl)cccc1Cl)[C@H](C)C(=O)NC1CCCC1)S(C)(=O)=O. The first-order valence-corrected chi connectivity index (χ1v) is 15.9. The zero-order valence-electron chi connectivity index (χ0n) is 22.7. The average molecular weight is 599 g/mol. The average Bonchev–Trinajstić information content (AvgIpc) is 3.39. The molecule has 39 heavy (non-hydrogen) atoms. The lowest BCUT2D eigenvalue weighted by Gasteiger charge is -2.31. The smallest absolute Gasteiger partial charge is 0.242 e. The molecule has 214 valence electrons. The minimum Gasteiger partial charge on any atom is -0.492 e. The van der Waals surface area contributed by atoms with Crippen LogP contribution in [0, 0.1) is 0 Å². The second kappa shape index (κ2) is 14.2. The Balaban J connectivity index is 1.78. The molecule has 1 aliphatic rings. The standard InChI is InChI=1S/C28H37Cl2N3O5S/c1-4-38-26-16-8-7-15-25(26)33(39(3,36)37)18-10-17-27(34)32(19-22-23(29)13-9-14-24(22)30)20(2)28(35)31-21-11-5-6-12-21/h7-9,13-16,20-21H,4-6,10-12,17-19H2,1-3H3,(H,31,35)/t20-/m1/s1. The fourth-order valence-corrected chi connectivity index (χ4v) is 6.24. The Morgan fingerprint density at radius 3 is 2.33 bits per heavy atom. The number of ether oxygens (including phenoxy) is 1. The topological polar surface area (TPSA) is 96.0 Å². The van der Waals surface area contributed by atoms with Crippen LogP contribution in [0.2, 0.25) is 10.0 Å². The maximum absolute atomic E-state index is 13.6. The van der Waals surface area contributed by atoms with Gasteiger partial charge in [-0.1, -0.05) is 54.2 Å². The molecule has 11 heteroatoms. The van der Waals surface area contributed by atoms with Crippen LogP contribution in [0.1, 0.15) is 57.9 Å². The zero-order valence-corrected chi connectivity index (χ0v) is 25.0. The first-order valence-electron chi connectivity index (χ1n) is 13.2. The largest absolute Gasteiger partial charge is 0.492 e. The molecule has 1 saturated carbocycles. The van der Waals surface area contributed by atoms with E-state index in [1.165, 1.54) is 9.21 Å². The summed E-state index contributed by atoms with van der Waals surface area (Å²) in [5.41, 5.74) is 0.969. The highest BCUT2D eigenvalue weighted by Gasteiger charge is 2.30. The van der Waals surface area contributed by atoms with Gasteiger partial charge in [-0.15, -0.1) is 0 Å². The number of sulfonamides is 1. The number of benzene rings is 2. The molecule has 2 aromatic carbocycles. The second-order valence-corrected chi connectivity index (χ2v) is 12.4. The van der Waals surface area contributed by atoms with Gasteiger partial charge in [0.05, 0.1) is 18.6 Å². The van der Waals surface area contributed by atoms with Gasteiger partial charge in [0.2, 0.25) is 21.8 Å². The fraction of sp³-hybridized carbons (Fsp3) is 0.500. The third-order valence-corrected chi connectivity index (χ3v) is 8.73. The van der Waals surface area contributed by atoms with Crippen molar-refractivity contribution >= 4 is 50.7 Å². The van der Waals surface area contributed by atoms with Crippen molar-refractivity contribution in [3.8, 4) is 5.75 Å². The van der Waals surface area contributed by atoms with E-state index in [2.05, 4.69) is 5.32 Å². The molecule has 1 atom stereocenters. The van der Waals surface area contributed by atoms with E-state index in [0.717, 1.165) is 31.9 Å². The van der Waals surface area contributed by atoms with Gasteiger partial charge < -0.3 is 15.0 Å². The van der Waals surface area contributed by atoms with E-state index in [4.69, 9.17) is 27.9 Å². The molecule has 0 saturated heterocycles. The highest BCUT2D eigenvalue weighted by molar-refractivity contribution is 7.92. The van der Waals surface area contributed by atoms with Gasteiger partial charge in [0.1, 0.15) is 11.8 Å². The Morgan fingerprint density at radius 1 is 1.08 bits per heavy atom. The number of halogens is 2. The molecule has 0 aliphatic heterocycles. The van der Waals surface area contributed by atoms with Crippen molar-refractivity contribution in [3.63, 3.8) is 0 Å². The van der Waals surface area contributed by atoms with E-state index in [1.54, 1.807) is 49.4 Å². The van der Waals surface area contributed by atoms with E-state index >= 15 is 0 Å². The minimum atomic E-state index is -3.65. The third kappa shape index (κ3) is 8.50. The number of para-hydroxylation sites is 2. The lowest BCUT2D eigenvalue weighted by Crippen LogP contribution is -2.49. The predicted octanol–water partition coefficient (Wildman–Crippen LogP) is 5.41. The highest BCUT2D eigenvalue weighted by atomic mass is 35.5. The molecule has 1 aliphatic carbocycles. The van der Waals surface area contributed by atoms with Crippen LogP contribution in [0.4, 0.5) is 5.69 Å². The van der Waals surface area contributed by atoms with Gasteiger partial charge in [-0.2, -0.15) is 0 Å². The molecule has 3 rings (SSSR count). The van der Waals surface area contributed by atoms with Crippen LogP contribution in [0.5, 0.6) is 5.75 Å². The maximum Gasteiger partial charge on any atom is 0.242 e. The van der Waals surface area contributed by atoms with Crippen LogP contribution in [0.3, 0.4) is 0 Å². The van der Waals surface area contributed by atoms with Gasteiger partial charge in [-0.25, -0.2) is 8.42 Å². The Bertz CT molecular complexity index is 1230. The Kier molecular flexibility index (Phi) is 11.3. The number of carbonyl (C=O) groups excluding carboxylic acids is 2. The molecule has 0 aromatic heterocycles. The summed E-state index contributed by atoms with van der Waals surface area (Å²) < 4.78 is 32.2. The number of hydrogen-bond donors (Lipinski definition) is 1. The zero-order chi connectivity index (χ0) is 28.6. The first-order chi connectivity index (χ1) is 18.5. The second-order valence-electron chi connectivity index (χ2n) is 9.73. The van der Waals surface area contributed by atoms with Gasteiger partial charge in [-0.3, -0.25) is 13.9 Å². The molecule has 0 heterocycles. The molecular weight excluding hydrogens is 561 g/mol. The summed E-state index contributed by atoms with van der Waals surface area (Å²) >= 11 is 12.8. The van der Waals surface area contributed by atoms with Crippen LogP contribution in [0.25, 0.3) is 0 Å². The van der Waals surface area contributed by atoms with Gasteiger partial charge in [0, 0.05) is 41.2 Å². The molecule has 1 fully saturated rings. The molecule has 0 radical (unpaired) electrons. The normalized spacial score (nSPS) is 14.6. The molecule has 8 nitrogen and oxygen atoms in total. The number of nitrogens with one attached hydrogen (secondary N) is 1. The van der Waals surface area contributed by atoms with Crippen molar-refractivity contribution in [1.29, 1.82) is 0 Å². The van der Waals surface area contributed by atoms with E-state index < -0.39 is 16.1 Å². The van der Waals surface area contributed by atoms with Gasteiger partial charge in [0.25, 0.3) is 0 Å². The Labute approximate surface area is 241 Å². The number of rotatable bonds is 13. The van der Waals surface area contributed by atoms with Crippen molar-refractivity contribution < 1.29 is 22.7 Å². The minimum absolute atomic E-state index is 0.0198. The first kappa shape index (κ1) is 31.0. The maximum atomic E-state index is 13.6. The summed E-state index contributed by atoms with van der Waals surface area (Å²) in [6.07, 6.45) is 5.36. The summed E-state index contributed by atoms with van der Waals surface area (Å²) in [4.78, 5) is 28.2. The molecule has 0 unspecified atom stereocenters. The molecular formula is C28H37Cl2N3O5S. The van der Waals surface area contributed by atoms with Gasteiger partial charge in [-0.05, 0) is 57.4 Å². The monoisotopic (exact) mass is 597 g/mol. The quantitative estimate of drug-likeness (QED) is 0.333. The number of carbonyl (C=O) groups is 2. The van der Waals surface area contributed by atoms with Crippen molar-refractivity contribution in [3.05, 3.63) is 58.1 Å². The summed E-state index contributed by atoms with van der Waals surface area (Å²) in [6.45, 7) is 4.02. The molecule has 2 aromatic rings. The van der Waals surface area contributed by atoms with E-state index in [9.17, 15) is 18.0 Å². The number of nitrogens with zero attached hydrogens (tertiary/aromatic N) is 2. The van der Waals surface area contributed by atoms with Crippen molar-refractivity contribution in [2.75, 3.05) is 23.7 Å². The van der Waals surface area contributed by atoms with E-state index in [1.807, 2.05) is 6.92 Å². The molecule has 2 amide bonds. The van der Waals surface area contributed by atoms with E-state index in [-0.39, 0.29) is 43.8 Å². The van der Waals surface area contributed by atoms with Crippen molar-refractivity contribution in [1.82, 2.24) is 10.2 Å². The molecule has 0 bridgehead atoms. The molecule has 0 spiro atoms. The van der Waals surface area contributed by atoms with Crippen LogP contribution in [-0.4, -0.2) is 56.6 Å². The van der Waals surface area contributed by atoms with Crippen LogP contribution in [0.15, 0.2) is 42.5 Å². The summed E-state index contributed by atoms with van der Waals surface area (Å²) in [6, 6.07) is 11.3. The lowest BCUT2D eigenvalue weighted by atomic mass is 10.1. The van der Waals surface area contributed by atoms with E-state index in [0.29, 0.717) is 33.7 Å². The summed E-state index contributed by atoms with van der Waals surface area (Å²) in [7, 11) is -3.65. The van der Waals surface area contributed by atoms with Gasteiger partial charge >= 0.3 is 0 Å². The fourth-order valence-electron chi connectivity index (χ4n) is 4.75. The predicted molar refractivity (Wildman–Crippen MR) is 156 cm³/mol. The van der Waals surface area contributed by atoms with Gasteiger partial charge in [0.15, 0.2) is 0 Å². The highest BCUT2D eigenvalue weighted by Crippen LogP contribution is 2.31. The lowest BCUT2D eigenvalue weighted by molar-refractivity contribution is -0.140. The summed E-state index contributed by atoms with van der Waals surface area (Å²) in [5, 5.41) is 3.87. The molecule has 1 N–H and O–H groups in total. The summed E-state index contributed by atoms with van der Waals surface area (Å²) in [5.74, 6) is -0.0858. The third-order valence-electron chi connectivity index (χ3n) is 6.84. The number of amides is 2. The Hall–Kier alpha value is -2.49. The van der Waals surface area contributed by atoms with Crippen LogP contribution < -0.4 is 14.4 Å². The van der Waals surface area contributed by atoms with Crippen molar-refractivity contribution in [2.24, 2.45) is 0 Å². The Morgan fingerprint density at radius 2 is 1.72 bits per heavy atom. The van der Waals surface area contributed by atoms with Crippen LogP contribution >= 0.6 is 23.2 Å².